The quantitative estimate of drug-likeness (QED) is 0.0120. The molecule has 10 nitrogen and oxygen atoms in total. The Hall–Kier alpha value is -6.16. The van der Waals surface area contributed by atoms with E-state index in [-0.39, 0.29) is 30.7 Å². The Balaban J connectivity index is 1.10. The average molecular weight is 798 g/mol. The lowest BCUT2D eigenvalue weighted by atomic mass is 9.92. The third-order valence-electron chi connectivity index (χ3n) is 10.2. The van der Waals surface area contributed by atoms with Crippen molar-refractivity contribution in [1.29, 1.82) is 0 Å². The summed E-state index contributed by atoms with van der Waals surface area (Å²) in [6, 6.07) is 28.8. The van der Waals surface area contributed by atoms with E-state index in [9.17, 15) is 9.59 Å². The molecule has 0 saturated carbocycles. The van der Waals surface area contributed by atoms with Crippen LogP contribution in [0.15, 0.2) is 101 Å². The molecule has 5 aromatic carbocycles. The van der Waals surface area contributed by atoms with Crippen LogP contribution in [0.2, 0.25) is 0 Å². The van der Waals surface area contributed by atoms with Crippen LogP contribution in [0.1, 0.15) is 104 Å². The highest BCUT2D eigenvalue weighted by Crippen LogP contribution is 2.30. The van der Waals surface area contributed by atoms with Crippen molar-refractivity contribution in [2.75, 3.05) is 36.8 Å². The minimum atomic E-state index is -0.366. The van der Waals surface area contributed by atoms with E-state index in [0.29, 0.717) is 35.7 Å². The number of unbranched alkanes of at least 4 members (excludes halogenated alkanes) is 2. The van der Waals surface area contributed by atoms with Crippen molar-refractivity contribution in [3.05, 3.63) is 130 Å². The number of hydrogen-bond acceptors (Lipinski definition) is 10. The number of ether oxygens (including phenoxy) is 3. The predicted octanol–water partition coefficient (Wildman–Crippen LogP) is 11.8. The molecule has 0 unspecified atom stereocenters. The maximum Gasteiger partial charge on any atom is 0.311 e. The number of rotatable bonds is 22. The number of azo groups is 1. The normalized spacial score (nSPS) is 11.1. The zero-order valence-electron chi connectivity index (χ0n) is 35.5. The van der Waals surface area contributed by atoms with Gasteiger partial charge in [-0.1, -0.05) is 52.0 Å². The van der Waals surface area contributed by atoms with E-state index in [1.54, 1.807) is 30.3 Å². The number of nitrogen functional groups attached to an aromatic ring is 1. The van der Waals surface area contributed by atoms with Crippen molar-refractivity contribution in [2.24, 2.45) is 10.2 Å². The molecule has 0 amide bonds. The van der Waals surface area contributed by atoms with E-state index >= 15 is 0 Å². The molecule has 0 spiro atoms. The third-order valence-corrected chi connectivity index (χ3v) is 10.2. The maximum atomic E-state index is 12.8. The Morgan fingerprint density at radius 1 is 0.627 bits per heavy atom. The first kappa shape index (κ1) is 44.0. The Morgan fingerprint density at radius 2 is 1.17 bits per heavy atom. The summed E-state index contributed by atoms with van der Waals surface area (Å²) < 4.78 is 17.7. The zero-order valence-corrected chi connectivity index (χ0v) is 35.5. The number of hydrogen-bond donors (Lipinski definition) is 3. The molecule has 0 atom stereocenters. The third kappa shape index (κ3) is 12.9. The molecule has 0 fully saturated rings. The van der Waals surface area contributed by atoms with Gasteiger partial charge in [0.1, 0.15) is 17.2 Å². The number of aryl methyl sites for hydroxylation is 4. The fraction of sp³-hybridized carbons (Fsp3) is 0.347. The van der Waals surface area contributed by atoms with Crippen LogP contribution < -0.4 is 30.6 Å². The van der Waals surface area contributed by atoms with E-state index in [1.807, 2.05) is 43.4 Å². The van der Waals surface area contributed by atoms with Gasteiger partial charge < -0.3 is 30.6 Å². The highest BCUT2D eigenvalue weighted by Gasteiger charge is 2.14. The number of esters is 1. The second-order valence-electron chi connectivity index (χ2n) is 14.6. The van der Waals surface area contributed by atoms with Crippen LogP contribution in [0.4, 0.5) is 28.4 Å². The number of benzene rings is 5. The molecule has 59 heavy (non-hydrogen) atoms. The number of ketones is 1. The van der Waals surface area contributed by atoms with Gasteiger partial charge in [-0.2, -0.15) is 10.2 Å². The Kier molecular flexibility index (Phi) is 16.5. The second-order valence-corrected chi connectivity index (χ2v) is 14.6. The summed E-state index contributed by atoms with van der Waals surface area (Å²) in [7, 11) is 2.00. The van der Waals surface area contributed by atoms with Crippen LogP contribution in [0, 0.1) is 0 Å². The van der Waals surface area contributed by atoms with Gasteiger partial charge in [0.2, 0.25) is 0 Å². The molecule has 5 rings (SSSR count). The fourth-order valence-electron chi connectivity index (χ4n) is 7.08. The van der Waals surface area contributed by atoms with E-state index in [2.05, 4.69) is 72.8 Å². The molecular weight excluding hydrogens is 739 g/mol. The fourth-order valence-corrected chi connectivity index (χ4v) is 7.08. The van der Waals surface area contributed by atoms with Crippen molar-refractivity contribution in [3.63, 3.8) is 0 Å². The summed E-state index contributed by atoms with van der Waals surface area (Å²) in [5, 5.41) is 15.4. The number of carbonyl (C=O) groups is 2. The molecule has 0 aliphatic rings. The maximum absolute atomic E-state index is 12.8. The van der Waals surface area contributed by atoms with Crippen molar-refractivity contribution < 1.29 is 23.8 Å². The van der Waals surface area contributed by atoms with Gasteiger partial charge in [0.05, 0.1) is 18.0 Å². The van der Waals surface area contributed by atoms with Crippen LogP contribution in [0.25, 0.3) is 0 Å². The van der Waals surface area contributed by atoms with Gasteiger partial charge in [-0.05, 0) is 152 Å². The number of nitrogens with one attached hydrogen (secondary N) is 2. The lowest BCUT2D eigenvalue weighted by molar-refractivity contribution is -0.134. The monoisotopic (exact) mass is 797 g/mol. The Labute approximate surface area is 349 Å². The summed E-state index contributed by atoms with van der Waals surface area (Å²) in [6.07, 6.45) is 7.03. The van der Waals surface area contributed by atoms with Crippen LogP contribution in [-0.2, 0) is 36.9 Å². The first-order valence-electron chi connectivity index (χ1n) is 20.8. The molecule has 0 aliphatic carbocycles. The molecule has 0 radical (unpaired) electrons. The van der Waals surface area contributed by atoms with Gasteiger partial charge >= 0.3 is 5.97 Å². The smallest absolute Gasteiger partial charge is 0.311 e. The minimum Gasteiger partial charge on any atom is -0.494 e. The number of nitrogens with zero attached hydrogens (tertiary/aromatic N) is 2. The van der Waals surface area contributed by atoms with Gasteiger partial charge in [0.15, 0.2) is 12.5 Å². The molecule has 0 heterocycles. The summed E-state index contributed by atoms with van der Waals surface area (Å²) in [5.41, 5.74) is 18.3. The van der Waals surface area contributed by atoms with Gasteiger partial charge in [-0.25, -0.2) is 0 Å². The molecule has 0 bridgehead atoms. The van der Waals surface area contributed by atoms with E-state index < -0.39 is 0 Å². The molecular formula is C49H59N5O5. The van der Waals surface area contributed by atoms with Crippen LogP contribution >= 0.6 is 0 Å². The molecule has 0 aromatic heterocycles. The largest absolute Gasteiger partial charge is 0.494 e. The van der Waals surface area contributed by atoms with E-state index in [0.717, 1.165) is 62.1 Å². The van der Waals surface area contributed by atoms with Crippen molar-refractivity contribution in [3.8, 4) is 17.2 Å². The van der Waals surface area contributed by atoms with Gasteiger partial charge in [-0.15, -0.1) is 0 Å². The first-order chi connectivity index (χ1) is 28.6. The molecule has 4 N–H and O–H groups in total. The predicted molar refractivity (Wildman–Crippen MR) is 239 cm³/mol. The van der Waals surface area contributed by atoms with Gasteiger partial charge in [-0.3, -0.25) is 9.59 Å². The van der Waals surface area contributed by atoms with Crippen molar-refractivity contribution in [1.82, 2.24) is 0 Å². The molecule has 0 saturated heterocycles. The average Bonchev–Trinajstić information content (AvgIpc) is 3.24. The summed E-state index contributed by atoms with van der Waals surface area (Å²) in [4.78, 5) is 25.2. The lowest BCUT2D eigenvalue weighted by Gasteiger charge is -2.19. The van der Waals surface area contributed by atoms with Crippen molar-refractivity contribution in [2.45, 2.75) is 92.4 Å². The highest BCUT2D eigenvalue weighted by molar-refractivity contribution is 5.95. The van der Waals surface area contributed by atoms with Crippen LogP contribution in [-0.4, -0.2) is 32.1 Å². The van der Waals surface area contributed by atoms with Gasteiger partial charge in [0, 0.05) is 42.2 Å². The summed E-state index contributed by atoms with van der Waals surface area (Å²) >= 11 is 0. The molecule has 10 heteroatoms. The number of nitrogens with two attached hydrogens (primary N) is 1. The Bertz CT molecular complexity index is 2150. The zero-order chi connectivity index (χ0) is 42.1. The van der Waals surface area contributed by atoms with Crippen LogP contribution in [0.5, 0.6) is 17.2 Å². The minimum absolute atomic E-state index is 0.146. The highest BCUT2D eigenvalue weighted by atomic mass is 16.5. The molecule has 5 aromatic rings. The molecule has 0 aliphatic heterocycles. The second kappa shape index (κ2) is 22.1. The lowest BCUT2D eigenvalue weighted by Crippen LogP contribution is -2.13. The number of anilines is 3. The topological polar surface area (TPSA) is 137 Å². The summed E-state index contributed by atoms with van der Waals surface area (Å²) in [5.74, 6) is 0.953. The van der Waals surface area contributed by atoms with Crippen LogP contribution in [0.3, 0.4) is 0 Å². The standard InChI is InChI=1S/C49H59N5O5/c1-7-36-25-34(26-37(8-2)48(36)51-6)24-35-27-38(9-3)49(39(10-4)28-35)52-32-58-45-29-40(33(5)55)30-46(31-45)59-47(56)14-12-11-13-23-57-44-21-19-43(20-22-44)54-53-42-17-15-41(50)16-18-42/h15-22,25-31,51-52H,7-14,23-24,32,50H2,1-6H3. The van der Waals surface area contributed by atoms with E-state index in [4.69, 9.17) is 19.9 Å². The first-order valence-corrected chi connectivity index (χ1v) is 20.8. The number of Topliss-reactive ketones (excluding diaryl/α,β-unsaturated/α-hetero) is 1. The Morgan fingerprint density at radius 3 is 1.71 bits per heavy atom. The molecule has 310 valence electrons. The van der Waals surface area contributed by atoms with E-state index in [1.165, 1.54) is 46.0 Å². The SMILES string of the molecule is CCc1cc(Cc2cc(CC)c(NCOc3cc(OC(=O)CCCCCOc4ccc(N=Nc5ccc(N)cc5)cc4)cc(C(C)=O)c3)c(CC)c2)cc(CC)c1NC. The number of carbonyl (C=O) groups excluding carboxylic acids is 2. The summed E-state index contributed by atoms with van der Waals surface area (Å²) in [6.45, 7) is 10.9. The van der Waals surface area contributed by atoms with Gasteiger partial charge in [0.25, 0.3) is 0 Å². The van der Waals surface area contributed by atoms with Crippen molar-refractivity contribution >= 4 is 40.2 Å².